The van der Waals surface area contributed by atoms with Crippen LogP contribution in [0.5, 0.6) is 0 Å². The molecule has 0 aromatic carbocycles. The Balaban J connectivity index is 2.68. The van der Waals surface area contributed by atoms with E-state index in [2.05, 4.69) is 30.9 Å². The molecule has 0 saturated carbocycles. The molecule has 0 bridgehead atoms. The second-order valence-corrected chi connectivity index (χ2v) is 4.49. The van der Waals surface area contributed by atoms with Crippen LogP contribution in [-0.2, 0) is 13.0 Å². The van der Waals surface area contributed by atoms with E-state index in [0.717, 1.165) is 31.6 Å². The van der Waals surface area contributed by atoms with Crippen molar-refractivity contribution in [2.24, 2.45) is 5.73 Å². The molecule has 1 unspecified atom stereocenters. The highest BCUT2D eigenvalue weighted by Crippen LogP contribution is 2.20. The number of unbranched alkanes of at least 4 members (excludes halogenated alkanes) is 1. The number of hydrogen-bond donors (Lipinski definition) is 1. The monoisotopic (exact) mass is 224 g/mol. The van der Waals surface area contributed by atoms with Gasteiger partial charge in [0.1, 0.15) is 12.2 Å². The van der Waals surface area contributed by atoms with Crippen molar-refractivity contribution in [1.29, 1.82) is 0 Å². The number of rotatable bonds is 7. The quantitative estimate of drug-likeness (QED) is 0.772. The van der Waals surface area contributed by atoms with Gasteiger partial charge in [0.25, 0.3) is 0 Å². The lowest BCUT2D eigenvalue weighted by Crippen LogP contribution is -2.42. The fourth-order valence-electron chi connectivity index (χ4n) is 1.92. The van der Waals surface area contributed by atoms with Gasteiger partial charge in [0.05, 0.1) is 0 Å². The molecule has 1 heterocycles. The van der Waals surface area contributed by atoms with Crippen LogP contribution in [0.3, 0.4) is 0 Å². The molecule has 1 atom stereocenters. The van der Waals surface area contributed by atoms with E-state index in [1.54, 1.807) is 6.33 Å². The number of aromatic nitrogens is 3. The molecule has 2 N–H and O–H groups in total. The molecule has 0 saturated heterocycles. The minimum absolute atomic E-state index is 0.115. The third-order valence-electron chi connectivity index (χ3n) is 3.24. The number of aryl methyl sites for hydroxylation is 1. The molecule has 1 aromatic heterocycles. The van der Waals surface area contributed by atoms with Gasteiger partial charge in [-0.15, -0.1) is 0 Å². The summed E-state index contributed by atoms with van der Waals surface area (Å²) in [4.78, 5) is 4.30. The molecule has 16 heavy (non-hydrogen) atoms. The van der Waals surface area contributed by atoms with Crippen molar-refractivity contribution in [3.63, 3.8) is 0 Å². The molecule has 0 aliphatic rings. The Kier molecular flexibility index (Phi) is 4.93. The molecule has 4 nitrogen and oxygen atoms in total. The Hall–Kier alpha value is -0.900. The van der Waals surface area contributed by atoms with Crippen LogP contribution in [0.2, 0.25) is 0 Å². The van der Waals surface area contributed by atoms with E-state index in [4.69, 9.17) is 5.73 Å². The van der Waals surface area contributed by atoms with Gasteiger partial charge in [-0.1, -0.05) is 26.7 Å². The average Bonchev–Trinajstić information content (AvgIpc) is 2.73. The van der Waals surface area contributed by atoms with Crippen LogP contribution in [0.15, 0.2) is 6.33 Å². The maximum atomic E-state index is 6.42. The second kappa shape index (κ2) is 5.99. The van der Waals surface area contributed by atoms with Crippen molar-refractivity contribution in [2.45, 2.75) is 65.0 Å². The number of nitrogens with zero attached hydrogens (tertiary/aromatic N) is 3. The Bertz CT molecular complexity index is 308. The average molecular weight is 224 g/mol. The summed E-state index contributed by atoms with van der Waals surface area (Å²) in [5, 5.41) is 4.18. The molecule has 0 fully saturated rings. The Morgan fingerprint density at radius 1 is 1.38 bits per heavy atom. The third kappa shape index (κ3) is 3.30. The van der Waals surface area contributed by atoms with Crippen LogP contribution in [0.1, 0.15) is 52.3 Å². The lowest BCUT2D eigenvalue weighted by Gasteiger charge is -2.27. The normalized spacial score (nSPS) is 15.0. The Labute approximate surface area is 98.2 Å². The topological polar surface area (TPSA) is 56.7 Å². The van der Waals surface area contributed by atoms with Crippen molar-refractivity contribution in [3.8, 4) is 0 Å². The van der Waals surface area contributed by atoms with E-state index >= 15 is 0 Å². The van der Waals surface area contributed by atoms with Crippen LogP contribution in [0, 0.1) is 0 Å². The molecular weight excluding hydrogens is 200 g/mol. The summed E-state index contributed by atoms with van der Waals surface area (Å²) in [6.07, 6.45) is 6.89. The molecule has 0 spiro atoms. The first-order chi connectivity index (χ1) is 7.65. The summed E-state index contributed by atoms with van der Waals surface area (Å²) in [5.74, 6) is 1.02. The molecule has 92 valence electrons. The highest BCUT2D eigenvalue weighted by molar-refractivity contribution is 4.96. The van der Waals surface area contributed by atoms with Gasteiger partial charge in [0.2, 0.25) is 0 Å². The molecule has 1 rings (SSSR count). The lowest BCUT2D eigenvalue weighted by molar-refractivity contribution is 0.351. The van der Waals surface area contributed by atoms with Gasteiger partial charge in [-0.25, -0.2) is 4.98 Å². The summed E-state index contributed by atoms with van der Waals surface area (Å²) in [7, 11) is 0. The summed E-state index contributed by atoms with van der Waals surface area (Å²) < 4.78 is 1.93. The molecular formula is C12H24N4. The zero-order chi connectivity index (χ0) is 12.0. The summed E-state index contributed by atoms with van der Waals surface area (Å²) >= 11 is 0. The predicted molar refractivity (Wildman–Crippen MR) is 66.1 cm³/mol. The maximum Gasteiger partial charge on any atom is 0.138 e. The second-order valence-electron chi connectivity index (χ2n) is 4.49. The third-order valence-corrected chi connectivity index (χ3v) is 3.24. The first-order valence-corrected chi connectivity index (χ1v) is 6.30. The molecule has 0 aliphatic heterocycles. The fourth-order valence-corrected chi connectivity index (χ4v) is 1.92. The number of nitrogens with two attached hydrogens (primary N) is 1. The van der Waals surface area contributed by atoms with Gasteiger partial charge >= 0.3 is 0 Å². The first-order valence-electron chi connectivity index (χ1n) is 6.30. The first kappa shape index (κ1) is 13.2. The lowest BCUT2D eigenvalue weighted by atomic mass is 9.87. The molecule has 0 radical (unpaired) electrons. The van der Waals surface area contributed by atoms with Gasteiger partial charge < -0.3 is 5.73 Å². The van der Waals surface area contributed by atoms with Crippen molar-refractivity contribution in [3.05, 3.63) is 12.2 Å². The van der Waals surface area contributed by atoms with Crippen molar-refractivity contribution < 1.29 is 0 Å². The highest BCUT2D eigenvalue weighted by Gasteiger charge is 2.24. The Morgan fingerprint density at radius 3 is 2.69 bits per heavy atom. The van der Waals surface area contributed by atoms with Crippen molar-refractivity contribution >= 4 is 0 Å². The van der Waals surface area contributed by atoms with E-state index in [1.165, 1.54) is 12.8 Å². The van der Waals surface area contributed by atoms with Crippen LogP contribution in [0.4, 0.5) is 0 Å². The zero-order valence-corrected chi connectivity index (χ0v) is 10.7. The van der Waals surface area contributed by atoms with E-state index in [-0.39, 0.29) is 5.54 Å². The van der Waals surface area contributed by atoms with Gasteiger partial charge in [-0.05, 0) is 19.8 Å². The van der Waals surface area contributed by atoms with Crippen LogP contribution < -0.4 is 5.73 Å². The van der Waals surface area contributed by atoms with Gasteiger partial charge in [-0.2, -0.15) is 5.10 Å². The van der Waals surface area contributed by atoms with Gasteiger partial charge in [0, 0.05) is 18.5 Å². The van der Waals surface area contributed by atoms with Crippen molar-refractivity contribution in [2.75, 3.05) is 0 Å². The largest absolute Gasteiger partial charge is 0.325 e. The zero-order valence-electron chi connectivity index (χ0n) is 10.7. The molecule has 4 heteroatoms. The van der Waals surface area contributed by atoms with Crippen LogP contribution in [-0.4, -0.2) is 20.3 Å². The maximum absolute atomic E-state index is 6.42. The van der Waals surface area contributed by atoms with E-state index in [1.807, 2.05) is 4.68 Å². The van der Waals surface area contributed by atoms with E-state index in [0.29, 0.717) is 0 Å². The molecule has 0 amide bonds. The highest BCUT2D eigenvalue weighted by atomic mass is 15.3. The fraction of sp³-hybridized carbons (Fsp3) is 0.833. The summed E-state index contributed by atoms with van der Waals surface area (Å²) in [6, 6.07) is 0. The molecule has 0 aliphatic carbocycles. The van der Waals surface area contributed by atoms with E-state index < -0.39 is 0 Å². The minimum Gasteiger partial charge on any atom is -0.325 e. The number of hydrogen-bond acceptors (Lipinski definition) is 3. The standard InChI is InChI=1S/C12H24N4/c1-4-7-8-12(13,5-2)9-11-14-10-15-16(11)6-3/h10H,4-9,13H2,1-3H3. The SMILES string of the molecule is CCCCC(N)(CC)Cc1ncnn1CC. The van der Waals surface area contributed by atoms with Crippen LogP contribution >= 0.6 is 0 Å². The summed E-state index contributed by atoms with van der Waals surface area (Å²) in [5.41, 5.74) is 6.30. The van der Waals surface area contributed by atoms with Gasteiger partial charge in [0.15, 0.2) is 0 Å². The van der Waals surface area contributed by atoms with E-state index in [9.17, 15) is 0 Å². The van der Waals surface area contributed by atoms with Gasteiger partial charge in [-0.3, -0.25) is 4.68 Å². The predicted octanol–water partition coefficient (Wildman–Crippen LogP) is 2.14. The smallest absolute Gasteiger partial charge is 0.138 e. The summed E-state index contributed by atoms with van der Waals surface area (Å²) in [6.45, 7) is 7.30. The van der Waals surface area contributed by atoms with Crippen molar-refractivity contribution in [1.82, 2.24) is 14.8 Å². The minimum atomic E-state index is -0.115. The molecule has 1 aromatic rings. The van der Waals surface area contributed by atoms with Crippen LogP contribution in [0.25, 0.3) is 0 Å². The Morgan fingerprint density at radius 2 is 2.12 bits per heavy atom.